The van der Waals surface area contributed by atoms with Crippen LogP contribution in [0.25, 0.3) is 5.69 Å². The van der Waals surface area contributed by atoms with Crippen molar-refractivity contribution in [2.45, 2.75) is 103 Å². The van der Waals surface area contributed by atoms with E-state index < -0.39 is 43.5 Å². The Morgan fingerprint density at radius 3 is 2.21 bits per heavy atom. The third-order valence-electron chi connectivity index (χ3n) is 7.79. The Kier molecular flexibility index (Phi) is 10.8. The second-order valence-corrected chi connectivity index (χ2v) is 15.4. The van der Waals surface area contributed by atoms with Gasteiger partial charge in [-0.2, -0.15) is 13.2 Å². The zero-order valence-electron chi connectivity index (χ0n) is 25.4. The summed E-state index contributed by atoms with van der Waals surface area (Å²) in [7, 11) is -4.52. The first kappa shape index (κ1) is 35.5. The number of rotatable bonds is 10. The lowest BCUT2D eigenvalue weighted by molar-refractivity contribution is -0.139. The van der Waals surface area contributed by atoms with Gasteiger partial charge in [-0.05, 0) is 70.2 Å². The largest absolute Gasteiger partial charge is 0.417 e. The average Bonchev–Trinajstić information content (AvgIpc) is 3.11. The van der Waals surface area contributed by atoms with Crippen LogP contribution in [-0.4, -0.2) is 36.1 Å². The van der Waals surface area contributed by atoms with Crippen molar-refractivity contribution < 1.29 is 31.2 Å². The quantitative estimate of drug-likeness (QED) is 0.233. The number of hydrogen-bond acceptors (Lipinski definition) is 4. The molecule has 0 bridgehead atoms. The Morgan fingerprint density at radius 1 is 1.07 bits per heavy atom. The maximum Gasteiger partial charge on any atom is 0.417 e. The van der Waals surface area contributed by atoms with Gasteiger partial charge in [-0.3, -0.25) is 9.59 Å². The van der Waals surface area contributed by atoms with Gasteiger partial charge in [0.2, 0.25) is 10.0 Å². The van der Waals surface area contributed by atoms with Gasteiger partial charge in [0.1, 0.15) is 5.15 Å². The van der Waals surface area contributed by atoms with E-state index in [0.717, 1.165) is 44.2 Å². The SMILES string of the molecule is Cc1c(C(=O)NCCC(C)(C)C(=O)S)c(Cl)n(-c2ccc(S(=O)(=O)NC(C)(C)C)c(C(F)(F)F)c2)c1CC1CCCCC1. The van der Waals surface area contributed by atoms with E-state index in [9.17, 15) is 31.2 Å². The molecule has 1 aliphatic carbocycles. The molecule has 0 saturated heterocycles. The van der Waals surface area contributed by atoms with E-state index in [2.05, 4.69) is 22.7 Å². The number of hydrogen-bond donors (Lipinski definition) is 3. The molecule has 3 rings (SSSR count). The van der Waals surface area contributed by atoms with Crippen molar-refractivity contribution in [2.75, 3.05) is 6.54 Å². The van der Waals surface area contributed by atoms with E-state index in [4.69, 9.17) is 11.6 Å². The fourth-order valence-corrected chi connectivity index (χ4v) is 7.56. The van der Waals surface area contributed by atoms with E-state index in [1.807, 2.05) is 0 Å². The molecule has 2 N–H and O–H groups in total. The highest BCUT2D eigenvalue weighted by Crippen LogP contribution is 2.39. The molecule has 0 atom stereocenters. The van der Waals surface area contributed by atoms with Crippen molar-refractivity contribution in [1.82, 2.24) is 14.6 Å². The minimum atomic E-state index is -4.99. The number of aromatic nitrogens is 1. The van der Waals surface area contributed by atoms with Crippen molar-refractivity contribution in [3.05, 3.63) is 45.7 Å². The van der Waals surface area contributed by atoms with Gasteiger partial charge in [0.15, 0.2) is 5.12 Å². The normalized spacial score (nSPS) is 15.5. The van der Waals surface area contributed by atoms with Crippen LogP contribution in [0.1, 0.15) is 100 Å². The molecular weight excluding hydrogens is 623 g/mol. The molecule has 1 fully saturated rings. The summed E-state index contributed by atoms with van der Waals surface area (Å²) in [6.45, 7) is 9.91. The predicted molar refractivity (Wildman–Crippen MR) is 166 cm³/mol. The van der Waals surface area contributed by atoms with Crippen LogP contribution in [0.3, 0.4) is 0 Å². The van der Waals surface area contributed by atoms with E-state index in [1.165, 1.54) is 31.4 Å². The number of halogens is 4. The lowest BCUT2D eigenvalue weighted by Gasteiger charge is -2.24. The third-order valence-corrected chi connectivity index (χ3v) is 10.6. The highest BCUT2D eigenvalue weighted by molar-refractivity contribution is 7.96. The number of thiol groups is 1. The summed E-state index contributed by atoms with van der Waals surface area (Å²) >= 11 is 10.7. The van der Waals surface area contributed by atoms with Crippen LogP contribution in [-0.2, 0) is 27.4 Å². The third kappa shape index (κ3) is 8.58. The van der Waals surface area contributed by atoms with Crippen LogP contribution >= 0.6 is 24.2 Å². The van der Waals surface area contributed by atoms with E-state index in [0.29, 0.717) is 24.1 Å². The van der Waals surface area contributed by atoms with Crippen molar-refractivity contribution in [1.29, 1.82) is 0 Å². The van der Waals surface area contributed by atoms with Crippen LogP contribution in [0.4, 0.5) is 13.2 Å². The predicted octanol–water partition coefficient (Wildman–Crippen LogP) is 7.26. The Labute approximate surface area is 262 Å². The van der Waals surface area contributed by atoms with Crippen molar-refractivity contribution in [2.24, 2.45) is 11.3 Å². The van der Waals surface area contributed by atoms with Gasteiger partial charge >= 0.3 is 6.18 Å². The standard InChI is InChI=1S/C30H41ClF3N3O4S2/c1-18-22(16-19-10-8-7-9-11-19)37(25(31)24(18)26(38)35-15-14-29(5,6)27(39)42)20-12-13-23(21(17-20)30(32,33)34)43(40,41)36-28(2,3)4/h12-13,17,19,36H,7-11,14-16H2,1-6H3,(H,35,38)(H,39,42). The summed E-state index contributed by atoms with van der Waals surface area (Å²) in [5.74, 6) is -0.258. The van der Waals surface area contributed by atoms with Gasteiger partial charge in [-0.15, -0.1) is 12.6 Å². The van der Waals surface area contributed by atoms with Crippen LogP contribution in [0.5, 0.6) is 0 Å². The Morgan fingerprint density at radius 2 is 1.67 bits per heavy atom. The van der Waals surface area contributed by atoms with Crippen molar-refractivity contribution in [3.8, 4) is 5.69 Å². The van der Waals surface area contributed by atoms with E-state index in [1.54, 1.807) is 20.8 Å². The van der Waals surface area contributed by atoms with Crippen LogP contribution < -0.4 is 10.0 Å². The number of sulfonamides is 1. The van der Waals surface area contributed by atoms with Crippen molar-refractivity contribution in [3.63, 3.8) is 0 Å². The molecule has 1 aromatic carbocycles. The molecule has 240 valence electrons. The molecule has 1 aromatic heterocycles. The van der Waals surface area contributed by atoms with Gasteiger partial charge in [-0.25, -0.2) is 13.1 Å². The lowest BCUT2D eigenvalue weighted by atomic mass is 9.85. The maximum atomic E-state index is 14.4. The average molecular weight is 664 g/mol. The van der Waals surface area contributed by atoms with E-state index >= 15 is 0 Å². The topological polar surface area (TPSA) is 97.3 Å². The number of carbonyl (C=O) groups excluding carboxylic acids is 2. The Bertz CT molecular complexity index is 1470. The molecule has 1 amide bonds. The van der Waals surface area contributed by atoms with Gasteiger partial charge in [0.25, 0.3) is 5.91 Å². The highest BCUT2D eigenvalue weighted by atomic mass is 35.5. The second-order valence-electron chi connectivity index (χ2n) is 13.0. The van der Waals surface area contributed by atoms with Crippen LogP contribution in [0.15, 0.2) is 23.1 Å². The molecule has 0 aliphatic heterocycles. The molecule has 43 heavy (non-hydrogen) atoms. The van der Waals surface area contributed by atoms with Gasteiger partial charge in [-0.1, -0.05) is 57.6 Å². The number of benzene rings is 1. The molecule has 0 spiro atoms. The van der Waals surface area contributed by atoms with Gasteiger partial charge in [0.05, 0.1) is 16.0 Å². The molecule has 1 aliphatic rings. The van der Waals surface area contributed by atoms with Gasteiger partial charge < -0.3 is 9.88 Å². The minimum Gasteiger partial charge on any atom is -0.352 e. The first-order valence-electron chi connectivity index (χ1n) is 14.3. The molecule has 1 heterocycles. The molecule has 13 heteroatoms. The minimum absolute atomic E-state index is 0.00166. The maximum absolute atomic E-state index is 14.4. The Hall–Kier alpha value is -2.02. The lowest BCUT2D eigenvalue weighted by Crippen LogP contribution is -2.41. The molecule has 1 saturated carbocycles. The molecular formula is C30H41ClF3N3O4S2. The summed E-state index contributed by atoms with van der Waals surface area (Å²) < 4.78 is 72.8. The highest BCUT2D eigenvalue weighted by Gasteiger charge is 2.39. The number of nitrogens with one attached hydrogen (secondary N) is 2. The second kappa shape index (κ2) is 13.1. The first-order chi connectivity index (χ1) is 19.7. The number of amides is 1. The molecule has 0 radical (unpaired) electrons. The summed E-state index contributed by atoms with van der Waals surface area (Å²) in [5.41, 5.74) is -1.85. The van der Waals surface area contributed by atoms with Gasteiger partial charge in [0, 0.05) is 28.9 Å². The summed E-state index contributed by atoms with van der Waals surface area (Å²) in [5, 5.41) is 2.40. The van der Waals surface area contributed by atoms with Crippen molar-refractivity contribution >= 4 is 45.3 Å². The zero-order chi connectivity index (χ0) is 32.5. The molecule has 0 unspecified atom stereocenters. The number of alkyl halides is 3. The molecule has 2 aromatic rings. The summed E-state index contributed by atoms with van der Waals surface area (Å²) in [6, 6.07) is 2.98. The Balaban J connectivity index is 2.15. The van der Waals surface area contributed by atoms with Crippen LogP contribution in [0.2, 0.25) is 5.15 Å². The number of nitrogens with zero attached hydrogens (tertiary/aromatic N) is 1. The smallest absolute Gasteiger partial charge is 0.352 e. The van der Waals surface area contributed by atoms with E-state index in [-0.39, 0.29) is 34.0 Å². The zero-order valence-corrected chi connectivity index (χ0v) is 27.9. The number of carbonyl (C=O) groups is 2. The van der Waals surface area contributed by atoms with Crippen LogP contribution in [0, 0.1) is 18.3 Å². The summed E-state index contributed by atoms with van der Waals surface area (Å²) in [4.78, 5) is 24.3. The monoisotopic (exact) mass is 663 g/mol. The fourth-order valence-electron chi connectivity index (χ4n) is 5.39. The summed E-state index contributed by atoms with van der Waals surface area (Å²) in [6.07, 6.45) is 0.901. The fraction of sp³-hybridized carbons (Fsp3) is 0.600. The molecule has 7 nitrogen and oxygen atoms in total. The first-order valence-corrected chi connectivity index (χ1v) is 16.6.